The van der Waals surface area contributed by atoms with Crippen molar-refractivity contribution < 1.29 is 9.53 Å². The SMILES string of the molecule is COC(=O)c1ccc(N)c(Nc2nc(C)c(C)s2)n1. The van der Waals surface area contributed by atoms with Crippen LogP contribution in [-0.4, -0.2) is 23.0 Å². The predicted octanol–water partition coefficient (Wildman–Crippen LogP) is 2.27. The average Bonchev–Trinajstić information content (AvgIpc) is 2.70. The number of thiazole rings is 1. The van der Waals surface area contributed by atoms with Crippen LogP contribution < -0.4 is 11.1 Å². The number of nitrogen functional groups attached to an aromatic ring is 1. The normalized spacial score (nSPS) is 10.3. The number of nitrogens with two attached hydrogens (primary N) is 1. The van der Waals surface area contributed by atoms with Crippen molar-refractivity contribution in [3.05, 3.63) is 28.4 Å². The highest BCUT2D eigenvalue weighted by Crippen LogP contribution is 2.26. The van der Waals surface area contributed by atoms with E-state index >= 15 is 0 Å². The Hall–Kier alpha value is -2.15. The molecule has 0 aromatic carbocycles. The second kappa shape index (κ2) is 5.23. The molecular formula is C12H14N4O2S. The standard InChI is InChI=1S/C12H14N4O2S/c1-6-7(2)19-12(14-6)16-10-8(13)4-5-9(15-10)11(17)18-3/h4-5H,13H2,1-3H3,(H,14,15,16). The minimum atomic E-state index is -0.505. The highest BCUT2D eigenvalue weighted by Gasteiger charge is 2.12. The summed E-state index contributed by atoms with van der Waals surface area (Å²) < 4.78 is 4.62. The largest absolute Gasteiger partial charge is 0.464 e. The number of pyridine rings is 1. The number of ether oxygens (including phenoxy) is 1. The van der Waals surface area contributed by atoms with Crippen molar-refractivity contribution in [3.8, 4) is 0 Å². The third kappa shape index (κ3) is 2.82. The number of hydrogen-bond donors (Lipinski definition) is 2. The van der Waals surface area contributed by atoms with E-state index in [0.29, 0.717) is 16.6 Å². The summed E-state index contributed by atoms with van der Waals surface area (Å²) in [6.07, 6.45) is 0. The van der Waals surface area contributed by atoms with Crippen molar-refractivity contribution in [3.63, 3.8) is 0 Å². The summed E-state index contributed by atoms with van der Waals surface area (Å²) in [6.45, 7) is 3.92. The minimum Gasteiger partial charge on any atom is -0.464 e. The molecule has 0 aliphatic heterocycles. The van der Waals surface area contributed by atoms with Crippen LogP contribution in [0.25, 0.3) is 0 Å². The van der Waals surface area contributed by atoms with Crippen LogP contribution >= 0.6 is 11.3 Å². The van der Waals surface area contributed by atoms with E-state index in [1.54, 1.807) is 6.07 Å². The van der Waals surface area contributed by atoms with Gasteiger partial charge in [0.15, 0.2) is 16.6 Å². The fourth-order valence-corrected chi connectivity index (χ4v) is 2.23. The maximum atomic E-state index is 11.4. The van der Waals surface area contributed by atoms with Gasteiger partial charge in [-0.1, -0.05) is 0 Å². The van der Waals surface area contributed by atoms with Gasteiger partial charge in [0.1, 0.15) is 0 Å². The fourth-order valence-electron chi connectivity index (χ4n) is 1.42. The average molecular weight is 278 g/mol. The molecule has 2 heterocycles. The number of nitrogens with zero attached hydrogens (tertiary/aromatic N) is 2. The zero-order chi connectivity index (χ0) is 14.0. The highest BCUT2D eigenvalue weighted by atomic mass is 32.1. The molecule has 19 heavy (non-hydrogen) atoms. The topological polar surface area (TPSA) is 90.1 Å². The summed E-state index contributed by atoms with van der Waals surface area (Å²) in [5.41, 5.74) is 7.42. The molecule has 0 aliphatic carbocycles. The third-order valence-corrected chi connectivity index (χ3v) is 3.56. The number of anilines is 3. The quantitative estimate of drug-likeness (QED) is 0.837. The van der Waals surface area contributed by atoms with Gasteiger partial charge in [-0.05, 0) is 26.0 Å². The maximum absolute atomic E-state index is 11.4. The van der Waals surface area contributed by atoms with Crippen LogP contribution in [0.3, 0.4) is 0 Å². The lowest BCUT2D eigenvalue weighted by molar-refractivity contribution is 0.0594. The molecular weight excluding hydrogens is 264 g/mol. The van der Waals surface area contributed by atoms with E-state index in [4.69, 9.17) is 5.73 Å². The van der Waals surface area contributed by atoms with Gasteiger partial charge in [-0.3, -0.25) is 0 Å². The molecule has 100 valence electrons. The molecule has 0 atom stereocenters. The van der Waals surface area contributed by atoms with E-state index in [-0.39, 0.29) is 5.69 Å². The van der Waals surface area contributed by atoms with Gasteiger partial charge in [-0.2, -0.15) is 0 Å². The lowest BCUT2D eigenvalue weighted by Crippen LogP contribution is -2.07. The number of carbonyl (C=O) groups is 1. The van der Waals surface area contributed by atoms with Gasteiger partial charge in [0.25, 0.3) is 0 Å². The number of rotatable bonds is 3. The Kier molecular flexibility index (Phi) is 3.66. The van der Waals surface area contributed by atoms with Crippen LogP contribution in [0.2, 0.25) is 0 Å². The number of methoxy groups -OCH3 is 1. The van der Waals surface area contributed by atoms with Crippen LogP contribution in [0.4, 0.5) is 16.6 Å². The molecule has 0 fully saturated rings. The first-order valence-corrected chi connectivity index (χ1v) is 6.39. The molecule has 0 radical (unpaired) electrons. The highest BCUT2D eigenvalue weighted by molar-refractivity contribution is 7.15. The van der Waals surface area contributed by atoms with Gasteiger partial charge >= 0.3 is 5.97 Å². The number of aromatic nitrogens is 2. The number of esters is 1. The Morgan fingerprint density at radius 3 is 2.68 bits per heavy atom. The van der Waals surface area contributed by atoms with Crippen molar-refractivity contribution >= 4 is 33.9 Å². The summed E-state index contributed by atoms with van der Waals surface area (Å²) in [4.78, 5) is 21.0. The van der Waals surface area contributed by atoms with Gasteiger partial charge < -0.3 is 15.8 Å². The van der Waals surface area contributed by atoms with E-state index in [2.05, 4.69) is 20.0 Å². The number of carbonyl (C=O) groups excluding carboxylic acids is 1. The molecule has 0 saturated carbocycles. The summed E-state index contributed by atoms with van der Waals surface area (Å²) in [6, 6.07) is 3.12. The molecule has 0 unspecified atom stereocenters. The molecule has 6 nitrogen and oxygen atoms in total. The Bertz CT molecular complexity index is 605. The lowest BCUT2D eigenvalue weighted by Gasteiger charge is -2.07. The zero-order valence-electron chi connectivity index (χ0n) is 10.9. The van der Waals surface area contributed by atoms with Gasteiger partial charge in [-0.25, -0.2) is 14.8 Å². The van der Waals surface area contributed by atoms with E-state index < -0.39 is 5.97 Å². The van der Waals surface area contributed by atoms with Gasteiger partial charge in [0.2, 0.25) is 0 Å². The molecule has 7 heteroatoms. The lowest BCUT2D eigenvalue weighted by atomic mass is 10.3. The molecule has 0 saturated heterocycles. The first-order chi connectivity index (χ1) is 9.01. The smallest absolute Gasteiger partial charge is 0.356 e. The summed E-state index contributed by atoms with van der Waals surface area (Å²) in [5.74, 6) is -0.105. The van der Waals surface area contributed by atoms with Crippen LogP contribution in [-0.2, 0) is 4.74 Å². The molecule has 2 rings (SSSR count). The molecule has 0 amide bonds. The van der Waals surface area contributed by atoms with Crippen LogP contribution in [0, 0.1) is 13.8 Å². The van der Waals surface area contributed by atoms with E-state index in [9.17, 15) is 4.79 Å². The van der Waals surface area contributed by atoms with Gasteiger partial charge in [0.05, 0.1) is 18.5 Å². The molecule has 3 N–H and O–H groups in total. The predicted molar refractivity (Wildman–Crippen MR) is 74.9 cm³/mol. The zero-order valence-corrected chi connectivity index (χ0v) is 11.7. The van der Waals surface area contributed by atoms with Crippen molar-refractivity contribution in [1.82, 2.24) is 9.97 Å². The molecule has 0 spiro atoms. The number of hydrogen-bond acceptors (Lipinski definition) is 7. The Morgan fingerprint density at radius 2 is 2.11 bits per heavy atom. The fraction of sp³-hybridized carbons (Fsp3) is 0.250. The third-order valence-electron chi connectivity index (χ3n) is 2.57. The van der Waals surface area contributed by atoms with Crippen molar-refractivity contribution in [1.29, 1.82) is 0 Å². The van der Waals surface area contributed by atoms with Crippen molar-refractivity contribution in [2.75, 3.05) is 18.2 Å². The Morgan fingerprint density at radius 1 is 1.37 bits per heavy atom. The molecule has 0 aliphatic rings. The second-order valence-corrected chi connectivity index (χ2v) is 5.11. The first kappa shape index (κ1) is 13.3. The van der Waals surface area contributed by atoms with Crippen LogP contribution in [0.1, 0.15) is 21.1 Å². The van der Waals surface area contributed by atoms with Gasteiger partial charge in [-0.15, -0.1) is 11.3 Å². The number of aryl methyl sites for hydroxylation is 2. The second-order valence-electron chi connectivity index (χ2n) is 3.91. The van der Waals surface area contributed by atoms with Crippen LogP contribution in [0.5, 0.6) is 0 Å². The Balaban J connectivity index is 2.31. The Labute approximate surface area is 114 Å². The van der Waals surface area contributed by atoms with E-state index in [1.807, 2.05) is 13.8 Å². The van der Waals surface area contributed by atoms with Crippen LogP contribution in [0.15, 0.2) is 12.1 Å². The summed E-state index contributed by atoms with van der Waals surface area (Å²) in [5, 5.41) is 3.71. The summed E-state index contributed by atoms with van der Waals surface area (Å²) >= 11 is 1.50. The maximum Gasteiger partial charge on any atom is 0.356 e. The monoisotopic (exact) mass is 278 g/mol. The number of nitrogens with one attached hydrogen (secondary N) is 1. The molecule has 2 aromatic heterocycles. The minimum absolute atomic E-state index is 0.198. The van der Waals surface area contributed by atoms with Crippen molar-refractivity contribution in [2.24, 2.45) is 0 Å². The van der Waals surface area contributed by atoms with E-state index in [1.165, 1.54) is 24.5 Å². The van der Waals surface area contributed by atoms with Gasteiger partial charge in [0, 0.05) is 4.88 Å². The molecule has 2 aromatic rings. The molecule has 0 bridgehead atoms. The van der Waals surface area contributed by atoms with E-state index in [0.717, 1.165) is 10.6 Å². The summed E-state index contributed by atoms with van der Waals surface area (Å²) in [7, 11) is 1.31. The first-order valence-electron chi connectivity index (χ1n) is 5.57. The van der Waals surface area contributed by atoms with Crippen molar-refractivity contribution in [2.45, 2.75) is 13.8 Å².